The predicted molar refractivity (Wildman–Crippen MR) is 95.7 cm³/mol. The van der Waals surface area contributed by atoms with Crippen LogP contribution in [0.15, 0.2) is 42.5 Å². The van der Waals surface area contributed by atoms with Gasteiger partial charge in [0.15, 0.2) is 0 Å². The fourth-order valence-electron chi connectivity index (χ4n) is 2.52. The van der Waals surface area contributed by atoms with Gasteiger partial charge < -0.3 is 15.0 Å². The summed E-state index contributed by atoms with van der Waals surface area (Å²) in [5.74, 6) is 0.788. The maximum absolute atomic E-state index is 10.8. The van der Waals surface area contributed by atoms with Gasteiger partial charge in [0.05, 0.1) is 29.3 Å². The zero-order chi connectivity index (χ0) is 18.4. The average molecular weight is 340 g/mol. The second-order valence-corrected chi connectivity index (χ2v) is 5.73. The molecule has 0 aliphatic rings. The molecule has 0 amide bonds. The van der Waals surface area contributed by atoms with Crippen LogP contribution in [0.25, 0.3) is 0 Å². The van der Waals surface area contributed by atoms with Crippen molar-refractivity contribution in [3.05, 3.63) is 63.7 Å². The summed E-state index contributed by atoms with van der Waals surface area (Å²) in [4.78, 5) is 12.4. The number of ether oxygens (including phenoxy) is 1. The van der Waals surface area contributed by atoms with Crippen LogP contribution < -0.4 is 10.1 Å². The number of anilines is 1. The maximum atomic E-state index is 10.8. The van der Waals surface area contributed by atoms with Crippen molar-refractivity contribution >= 4 is 11.4 Å². The number of nitro benzene ring substituents is 1. The SMILES string of the molecule is COc1ccc([C@H](CNc2ccc([N+](=O)[O-])cc2C#N)N(C)C)cc1. The van der Waals surface area contributed by atoms with Crippen LogP contribution in [0.4, 0.5) is 11.4 Å². The van der Waals surface area contributed by atoms with E-state index in [9.17, 15) is 15.4 Å². The third-order valence-corrected chi connectivity index (χ3v) is 3.94. The van der Waals surface area contributed by atoms with E-state index in [1.54, 1.807) is 13.2 Å². The van der Waals surface area contributed by atoms with Crippen LogP contribution in [0.1, 0.15) is 17.2 Å². The molecule has 0 saturated carbocycles. The highest BCUT2D eigenvalue weighted by atomic mass is 16.6. The second-order valence-electron chi connectivity index (χ2n) is 5.73. The van der Waals surface area contributed by atoms with Crippen LogP contribution in [0, 0.1) is 21.4 Å². The summed E-state index contributed by atoms with van der Waals surface area (Å²) >= 11 is 0. The number of nitrogens with one attached hydrogen (secondary N) is 1. The Bertz CT molecular complexity index is 782. The van der Waals surface area contributed by atoms with Crippen LogP contribution in [0.5, 0.6) is 5.75 Å². The number of non-ortho nitro benzene ring substituents is 1. The van der Waals surface area contributed by atoms with Crippen molar-refractivity contribution < 1.29 is 9.66 Å². The molecule has 1 N–H and O–H groups in total. The molecule has 0 aliphatic carbocycles. The van der Waals surface area contributed by atoms with Crippen LogP contribution in [-0.4, -0.2) is 37.6 Å². The largest absolute Gasteiger partial charge is 0.497 e. The highest BCUT2D eigenvalue weighted by Gasteiger charge is 2.16. The van der Waals surface area contributed by atoms with E-state index in [1.165, 1.54) is 12.1 Å². The van der Waals surface area contributed by atoms with Crippen LogP contribution >= 0.6 is 0 Å². The van der Waals surface area contributed by atoms with Gasteiger partial charge in [0.25, 0.3) is 5.69 Å². The molecule has 2 aromatic rings. The van der Waals surface area contributed by atoms with Crippen molar-refractivity contribution in [2.45, 2.75) is 6.04 Å². The van der Waals surface area contributed by atoms with Gasteiger partial charge in [-0.3, -0.25) is 10.1 Å². The van der Waals surface area contributed by atoms with E-state index < -0.39 is 4.92 Å². The molecule has 25 heavy (non-hydrogen) atoms. The standard InChI is InChI=1S/C18H20N4O3/c1-21(2)18(13-4-7-16(25-3)8-5-13)12-20-17-9-6-15(22(23)24)10-14(17)11-19/h4-10,18,20H,12H2,1-3H3/t18-/m0/s1. The topological polar surface area (TPSA) is 91.4 Å². The normalized spacial score (nSPS) is 11.6. The lowest BCUT2D eigenvalue weighted by molar-refractivity contribution is -0.384. The zero-order valence-electron chi connectivity index (χ0n) is 14.4. The van der Waals surface area contributed by atoms with Crippen molar-refractivity contribution in [2.24, 2.45) is 0 Å². The molecule has 0 unspecified atom stereocenters. The van der Waals surface area contributed by atoms with Gasteiger partial charge in [-0.2, -0.15) is 5.26 Å². The first-order chi connectivity index (χ1) is 12.0. The highest BCUT2D eigenvalue weighted by Crippen LogP contribution is 2.25. The molecule has 0 heterocycles. The summed E-state index contributed by atoms with van der Waals surface area (Å²) in [6, 6.07) is 14.1. The Labute approximate surface area is 146 Å². The second kappa shape index (κ2) is 8.13. The van der Waals surface area contributed by atoms with Gasteiger partial charge in [-0.1, -0.05) is 12.1 Å². The molecule has 7 nitrogen and oxygen atoms in total. The maximum Gasteiger partial charge on any atom is 0.270 e. The Kier molecular flexibility index (Phi) is 5.93. The van der Waals surface area contributed by atoms with E-state index in [-0.39, 0.29) is 17.3 Å². The molecule has 130 valence electrons. The molecule has 1 atom stereocenters. The monoisotopic (exact) mass is 340 g/mol. The first-order valence-electron chi connectivity index (χ1n) is 7.69. The van der Waals surface area contributed by atoms with Crippen molar-refractivity contribution in [3.63, 3.8) is 0 Å². The Morgan fingerprint density at radius 1 is 1.28 bits per heavy atom. The van der Waals surface area contributed by atoms with Crippen LogP contribution in [-0.2, 0) is 0 Å². The number of hydrogen-bond acceptors (Lipinski definition) is 6. The molecule has 0 aromatic heterocycles. The lowest BCUT2D eigenvalue weighted by Crippen LogP contribution is -2.27. The van der Waals surface area contributed by atoms with Crippen molar-refractivity contribution in [3.8, 4) is 11.8 Å². The first kappa shape index (κ1) is 18.2. The minimum Gasteiger partial charge on any atom is -0.497 e. The Morgan fingerprint density at radius 3 is 2.48 bits per heavy atom. The Hall–Kier alpha value is -3.11. The number of nitrogens with zero attached hydrogens (tertiary/aromatic N) is 3. The van der Waals surface area contributed by atoms with E-state index >= 15 is 0 Å². The molecule has 2 rings (SSSR count). The lowest BCUT2D eigenvalue weighted by atomic mass is 10.1. The number of likely N-dealkylation sites (N-methyl/N-ethyl adjacent to an activating group) is 1. The van der Waals surface area contributed by atoms with E-state index in [2.05, 4.69) is 10.2 Å². The van der Waals surface area contributed by atoms with Crippen molar-refractivity contribution in [1.82, 2.24) is 4.90 Å². The molecule has 7 heteroatoms. The van der Waals surface area contributed by atoms with E-state index in [1.807, 2.05) is 44.4 Å². The van der Waals surface area contributed by atoms with Crippen molar-refractivity contribution in [1.29, 1.82) is 5.26 Å². The predicted octanol–water partition coefficient (Wildman–Crippen LogP) is 3.19. The van der Waals surface area contributed by atoms with Gasteiger partial charge in [-0.15, -0.1) is 0 Å². The summed E-state index contributed by atoms with van der Waals surface area (Å²) in [6.45, 7) is 0.547. The summed E-state index contributed by atoms with van der Waals surface area (Å²) in [5, 5.41) is 23.3. The molecule has 0 spiro atoms. The summed E-state index contributed by atoms with van der Waals surface area (Å²) < 4.78 is 5.18. The van der Waals surface area contributed by atoms with Gasteiger partial charge in [0.1, 0.15) is 11.8 Å². The molecular weight excluding hydrogens is 320 g/mol. The number of hydrogen-bond donors (Lipinski definition) is 1. The number of nitriles is 1. The average Bonchev–Trinajstić information content (AvgIpc) is 2.62. The molecule has 0 saturated heterocycles. The minimum atomic E-state index is -0.509. The number of rotatable bonds is 7. The number of methoxy groups -OCH3 is 1. The Balaban J connectivity index is 2.18. The fourth-order valence-corrected chi connectivity index (χ4v) is 2.52. The molecule has 2 aromatic carbocycles. The van der Waals surface area contributed by atoms with Gasteiger partial charge in [0.2, 0.25) is 0 Å². The van der Waals surface area contributed by atoms with E-state index in [4.69, 9.17) is 4.74 Å². The molecule has 0 fully saturated rings. The quantitative estimate of drug-likeness (QED) is 0.615. The Morgan fingerprint density at radius 2 is 1.96 bits per heavy atom. The third kappa shape index (κ3) is 4.46. The molecular formula is C18H20N4O3. The van der Waals surface area contributed by atoms with E-state index in [0.717, 1.165) is 11.3 Å². The molecule has 0 bridgehead atoms. The van der Waals surface area contributed by atoms with Crippen LogP contribution in [0.3, 0.4) is 0 Å². The van der Waals surface area contributed by atoms with Gasteiger partial charge in [0, 0.05) is 18.7 Å². The van der Waals surface area contributed by atoms with Gasteiger partial charge in [-0.05, 0) is 37.9 Å². The smallest absolute Gasteiger partial charge is 0.270 e. The summed E-state index contributed by atoms with van der Waals surface area (Å²) in [7, 11) is 5.56. The minimum absolute atomic E-state index is 0.0626. The third-order valence-electron chi connectivity index (χ3n) is 3.94. The molecule has 0 aliphatic heterocycles. The number of nitro groups is 1. The summed E-state index contributed by atoms with van der Waals surface area (Å²) in [6.07, 6.45) is 0. The first-order valence-corrected chi connectivity index (χ1v) is 7.69. The molecule has 0 radical (unpaired) electrons. The summed E-state index contributed by atoms with van der Waals surface area (Å²) in [5.41, 5.74) is 1.83. The van der Waals surface area contributed by atoms with Gasteiger partial charge in [-0.25, -0.2) is 0 Å². The highest BCUT2D eigenvalue weighted by molar-refractivity contribution is 5.61. The zero-order valence-corrected chi connectivity index (χ0v) is 14.4. The van der Waals surface area contributed by atoms with E-state index in [0.29, 0.717) is 12.2 Å². The number of benzene rings is 2. The van der Waals surface area contributed by atoms with Crippen molar-refractivity contribution in [2.75, 3.05) is 33.1 Å². The fraction of sp³-hybridized carbons (Fsp3) is 0.278. The van der Waals surface area contributed by atoms with Gasteiger partial charge >= 0.3 is 0 Å². The van der Waals surface area contributed by atoms with Crippen LogP contribution in [0.2, 0.25) is 0 Å². The lowest BCUT2D eigenvalue weighted by Gasteiger charge is -2.26.